The van der Waals surface area contributed by atoms with Crippen LogP contribution in [-0.2, 0) is 4.79 Å². The highest BCUT2D eigenvalue weighted by Gasteiger charge is 2.09. The number of carbonyl (C=O) groups excluding carboxylic acids is 2. The zero-order valence-corrected chi connectivity index (χ0v) is 12.6. The predicted octanol–water partition coefficient (Wildman–Crippen LogP) is 2.43. The Balaban J connectivity index is 2.77. The molecule has 0 aromatic heterocycles. The van der Waals surface area contributed by atoms with Gasteiger partial charge in [0.1, 0.15) is 0 Å². The first-order valence-corrected chi connectivity index (χ1v) is 7.23. The van der Waals surface area contributed by atoms with Gasteiger partial charge in [-0.25, -0.2) is 0 Å². The molecule has 2 N–H and O–H groups in total. The Labute approximate surface area is 118 Å². The van der Waals surface area contributed by atoms with Crippen molar-refractivity contribution >= 4 is 29.3 Å². The highest BCUT2D eigenvalue weighted by atomic mass is 32.2. The third kappa shape index (κ3) is 4.95. The van der Waals surface area contributed by atoms with Crippen molar-refractivity contribution in [3.05, 3.63) is 29.3 Å². The Hall–Kier alpha value is -1.49. The highest BCUT2D eigenvalue weighted by molar-refractivity contribution is 8.00. The molecule has 0 saturated carbocycles. The van der Waals surface area contributed by atoms with Gasteiger partial charge in [0.25, 0.3) is 5.91 Å². The smallest absolute Gasteiger partial charge is 0.251 e. The summed E-state index contributed by atoms with van der Waals surface area (Å²) in [6, 6.07) is 5.27. The van der Waals surface area contributed by atoms with Crippen LogP contribution in [0.5, 0.6) is 0 Å². The van der Waals surface area contributed by atoms with Crippen LogP contribution in [0.1, 0.15) is 29.8 Å². The molecule has 0 bridgehead atoms. The van der Waals surface area contributed by atoms with Crippen LogP contribution in [0.3, 0.4) is 0 Å². The SMILES string of the molecule is CNC(=O)c1ccc(C)c(NC(=O)CSC(C)C)c1. The largest absolute Gasteiger partial charge is 0.355 e. The van der Waals surface area contributed by atoms with Gasteiger partial charge in [-0.3, -0.25) is 9.59 Å². The Morgan fingerprint density at radius 2 is 2.00 bits per heavy atom. The molecule has 0 spiro atoms. The zero-order chi connectivity index (χ0) is 14.4. The summed E-state index contributed by atoms with van der Waals surface area (Å²) in [5, 5.41) is 5.83. The minimum absolute atomic E-state index is 0.0455. The van der Waals surface area contributed by atoms with E-state index in [9.17, 15) is 9.59 Å². The maximum Gasteiger partial charge on any atom is 0.251 e. The van der Waals surface area contributed by atoms with Gasteiger partial charge in [-0.15, -0.1) is 11.8 Å². The number of hydrogen-bond donors (Lipinski definition) is 2. The standard InChI is InChI=1S/C14H20N2O2S/c1-9(2)19-8-13(17)16-12-7-11(14(18)15-4)6-5-10(12)3/h5-7,9H,8H2,1-4H3,(H,15,18)(H,16,17). The van der Waals surface area contributed by atoms with Gasteiger partial charge in [0.05, 0.1) is 5.75 Å². The Kier molecular flexibility index (Phi) is 5.89. The average molecular weight is 280 g/mol. The molecule has 0 fully saturated rings. The molecule has 1 aromatic carbocycles. The second kappa shape index (κ2) is 7.19. The molecule has 0 aliphatic heterocycles. The minimum atomic E-state index is -0.160. The number of carbonyl (C=O) groups is 2. The van der Waals surface area contributed by atoms with Gasteiger partial charge in [0.2, 0.25) is 5.91 Å². The fraction of sp³-hybridized carbons (Fsp3) is 0.429. The summed E-state index contributed by atoms with van der Waals surface area (Å²) in [7, 11) is 1.58. The van der Waals surface area contributed by atoms with Gasteiger partial charge in [-0.1, -0.05) is 19.9 Å². The molecule has 2 amide bonds. The maximum absolute atomic E-state index is 11.8. The quantitative estimate of drug-likeness (QED) is 0.871. The van der Waals surface area contributed by atoms with Crippen molar-refractivity contribution in [1.29, 1.82) is 0 Å². The predicted molar refractivity (Wildman–Crippen MR) is 80.8 cm³/mol. The molecule has 4 nitrogen and oxygen atoms in total. The average Bonchev–Trinajstić information content (AvgIpc) is 2.38. The lowest BCUT2D eigenvalue weighted by atomic mass is 10.1. The summed E-state index contributed by atoms with van der Waals surface area (Å²) in [4.78, 5) is 23.3. The number of hydrogen-bond acceptors (Lipinski definition) is 3. The van der Waals surface area contributed by atoms with E-state index in [4.69, 9.17) is 0 Å². The number of amides is 2. The molecule has 1 rings (SSSR count). The summed E-state index contributed by atoms with van der Waals surface area (Å²) in [5.41, 5.74) is 2.17. The van der Waals surface area contributed by atoms with Crippen molar-refractivity contribution < 1.29 is 9.59 Å². The van der Waals surface area contributed by atoms with Crippen molar-refractivity contribution in [2.24, 2.45) is 0 Å². The summed E-state index contributed by atoms with van der Waals surface area (Å²) in [6.07, 6.45) is 0. The molecule has 1 aromatic rings. The first-order valence-electron chi connectivity index (χ1n) is 6.18. The lowest BCUT2D eigenvalue weighted by Gasteiger charge is -2.11. The molecular weight excluding hydrogens is 260 g/mol. The summed E-state index contributed by atoms with van der Waals surface area (Å²) < 4.78 is 0. The van der Waals surface area contributed by atoms with Crippen molar-refractivity contribution in [2.75, 3.05) is 18.1 Å². The van der Waals surface area contributed by atoms with E-state index >= 15 is 0 Å². The van der Waals surface area contributed by atoms with Crippen molar-refractivity contribution in [2.45, 2.75) is 26.0 Å². The van der Waals surface area contributed by atoms with Crippen LogP contribution in [0, 0.1) is 6.92 Å². The number of benzene rings is 1. The van der Waals surface area contributed by atoms with E-state index < -0.39 is 0 Å². The Morgan fingerprint density at radius 3 is 2.58 bits per heavy atom. The van der Waals surface area contributed by atoms with Crippen molar-refractivity contribution in [3.63, 3.8) is 0 Å². The number of rotatable bonds is 5. The fourth-order valence-electron chi connectivity index (χ4n) is 1.47. The topological polar surface area (TPSA) is 58.2 Å². The highest BCUT2D eigenvalue weighted by Crippen LogP contribution is 2.18. The summed E-state index contributed by atoms with van der Waals surface area (Å²) >= 11 is 1.59. The lowest BCUT2D eigenvalue weighted by molar-refractivity contribution is -0.113. The van der Waals surface area contributed by atoms with E-state index in [2.05, 4.69) is 24.5 Å². The number of anilines is 1. The van der Waals surface area contributed by atoms with Crippen LogP contribution in [-0.4, -0.2) is 29.9 Å². The van der Waals surface area contributed by atoms with Gasteiger partial charge in [-0.05, 0) is 29.9 Å². The van der Waals surface area contributed by atoms with E-state index in [1.807, 2.05) is 13.0 Å². The van der Waals surface area contributed by atoms with E-state index in [0.29, 0.717) is 22.3 Å². The van der Waals surface area contributed by atoms with E-state index in [1.165, 1.54) is 0 Å². The Bertz CT molecular complexity index is 473. The van der Waals surface area contributed by atoms with Gasteiger partial charge in [-0.2, -0.15) is 0 Å². The van der Waals surface area contributed by atoms with Crippen LogP contribution >= 0.6 is 11.8 Å². The van der Waals surface area contributed by atoms with Crippen LogP contribution in [0.2, 0.25) is 0 Å². The molecule has 0 unspecified atom stereocenters. The monoisotopic (exact) mass is 280 g/mol. The molecule has 104 valence electrons. The molecule has 0 atom stereocenters. The number of aryl methyl sites for hydroxylation is 1. The van der Waals surface area contributed by atoms with Gasteiger partial charge < -0.3 is 10.6 Å². The second-order valence-electron chi connectivity index (χ2n) is 4.52. The summed E-state index contributed by atoms with van der Waals surface area (Å²) in [5.74, 6) is 0.212. The van der Waals surface area contributed by atoms with Gasteiger partial charge in [0.15, 0.2) is 0 Å². The zero-order valence-electron chi connectivity index (χ0n) is 11.7. The second-order valence-corrected chi connectivity index (χ2v) is 6.08. The Morgan fingerprint density at radius 1 is 1.32 bits per heavy atom. The van der Waals surface area contributed by atoms with Crippen LogP contribution in [0.4, 0.5) is 5.69 Å². The minimum Gasteiger partial charge on any atom is -0.355 e. The van der Waals surface area contributed by atoms with E-state index in [0.717, 1.165) is 5.56 Å². The van der Waals surface area contributed by atoms with Crippen LogP contribution in [0.25, 0.3) is 0 Å². The van der Waals surface area contributed by atoms with E-state index in [1.54, 1.807) is 30.9 Å². The first-order chi connectivity index (χ1) is 8.93. The third-order valence-electron chi connectivity index (χ3n) is 2.55. The van der Waals surface area contributed by atoms with Crippen molar-refractivity contribution in [3.8, 4) is 0 Å². The summed E-state index contributed by atoms with van der Waals surface area (Å²) in [6.45, 7) is 6.00. The molecule has 0 heterocycles. The molecule has 0 saturated heterocycles. The molecule has 5 heteroatoms. The van der Waals surface area contributed by atoms with Crippen LogP contribution in [0.15, 0.2) is 18.2 Å². The fourth-order valence-corrected chi connectivity index (χ4v) is 2.03. The first kappa shape index (κ1) is 15.6. The van der Waals surface area contributed by atoms with Gasteiger partial charge >= 0.3 is 0 Å². The lowest BCUT2D eigenvalue weighted by Crippen LogP contribution is -2.19. The molecule has 19 heavy (non-hydrogen) atoms. The normalized spacial score (nSPS) is 10.4. The van der Waals surface area contributed by atoms with Crippen LogP contribution < -0.4 is 10.6 Å². The van der Waals surface area contributed by atoms with Crippen molar-refractivity contribution in [1.82, 2.24) is 5.32 Å². The molecule has 0 radical (unpaired) electrons. The van der Waals surface area contributed by atoms with E-state index in [-0.39, 0.29) is 11.8 Å². The third-order valence-corrected chi connectivity index (χ3v) is 3.64. The number of thioether (sulfide) groups is 1. The number of nitrogens with one attached hydrogen (secondary N) is 2. The molecule has 0 aliphatic carbocycles. The van der Waals surface area contributed by atoms with Gasteiger partial charge in [0, 0.05) is 18.3 Å². The molecule has 0 aliphatic rings. The molecular formula is C14H20N2O2S. The maximum atomic E-state index is 11.8.